The molecule has 0 saturated carbocycles. The highest BCUT2D eigenvalue weighted by molar-refractivity contribution is 6.10. The van der Waals surface area contributed by atoms with Crippen LogP contribution < -0.4 is 10.6 Å². The summed E-state index contributed by atoms with van der Waals surface area (Å²) in [6.07, 6.45) is 0. The molecule has 0 aliphatic heterocycles. The molecule has 0 fully saturated rings. The van der Waals surface area contributed by atoms with Gasteiger partial charge in [0.05, 0.1) is 0 Å². The van der Waals surface area contributed by atoms with Crippen molar-refractivity contribution in [3.05, 3.63) is 42.0 Å². The van der Waals surface area contributed by atoms with Crippen molar-refractivity contribution in [2.45, 2.75) is 0 Å². The lowest BCUT2D eigenvalue weighted by Crippen LogP contribution is -2.29. The van der Waals surface area contributed by atoms with Crippen molar-refractivity contribution >= 4 is 34.3 Å². The van der Waals surface area contributed by atoms with E-state index in [4.69, 9.17) is 10.2 Å². The molecule has 0 unspecified atom stereocenters. The highest BCUT2D eigenvalue weighted by atomic mass is 16.4. The van der Waals surface area contributed by atoms with Gasteiger partial charge in [-0.2, -0.15) is 0 Å². The monoisotopic (exact) mass is 302 g/mol. The fraction of sp³-hybridized carbons (Fsp3) is 0.133. The second-order valence-electron chi connectivity index (χ2n) is 4.53. The Kier molecular flexibility index (Phi) is 4.57. The number of carbonyl (C=O) groups excluding carboxylic acids is 1. The van der Waals surface area contributed by atoms with Gasteiger partial charge in [0.15, 0.2) is 0 Å². The van der Waals surface area contributed by atoms with E-state index in [0.717, 1.165) is 0 Å². The van der Waals surface area contributed by atoms with E-state index in [1.165, 1.54) is 6.07 Å². The Morgan fingerprint density at radius 3 is 2.14 bits per heavy atom. The first kappa shape index (κ1) is 15.3. The van der Waals surface area contributed by atoms with Gasteiger partial charge in [0.25, 0.3) is 5.91 Å². The maximum absolute atomic E-state index is 12.1. The molecule has 0 saturated heterocycles. The normalized spacial score (nSPS) is 10.2. The molecule has 0 spiro atoms. The quantitative estimate of drug-likeness (QED) is 0.636. The fourth-order valence-corrected chi connectivity index (χ4v) is 2.07. The number of carboxylic acid groups (broad SMARTS) is 2. The van der Waals surface area contributed by atoms with Crippen molar-refractivity contribution in [1.29, 1.82) is 0 Å². The lowest BCUT2D eigenvalue weighted by Gasteiger charge is -2.12. The first-order valence-corrected chi connectivity index (χ1v) is 6.46. The fourth-order valence-electron chi connectivity index (χ4n) is 2.07. The van der Waals surface area contributed by atoms with Crippen molar-refractivity contribution in [2.24, 2.45) is 0 Å². The number of anilines is 1. The Morgan fingerprint density at radius 1 is 0.864 bits per heavy atom. The van der Waals surface area contributed by atoms with Crippen molar-refractivity contribution in [1.82, 2.24) is 5.32 Å². The van der Waals surface area contributed by atoms with Crippen molar-refractivity contribution in [2.75, 3.05) is 18.4 Å². The largest absolute Gasteiger partial charge is 0.480 e. The summed E-state index contributed by atoms with van der Waals surface area (Å²) >= 11 is 0. The number of benzene rings is 2. The zero-order chi connectivity index (χ0) is 16.1. The van der Waals surface area contributed by atoms with Crippen LogP contribution >= 0.6 is 0 Å². The van der Waals surface area contributed by atoms with Crippen molar-refractivity contribution < 1.29 is 24.6 Å². The number of hydrogen-bond donors (Lipinski definition) is 4. The summed E-state index contributed by atoms with van der Waals surface area (Å²) in [4.78, 5) is 33.2. The summed E-state index contributed by atoms with van der Waals surface area (Å²) in [6.45, 7) is -0.708. The standard InChI is InChI=1S/C15H14N2O5/c18-13(19)7-16-12-6-5-11(15(22)17-8-14(20)21)9-3-1-2-4-10(9)12/h1-6,16H,7-8H2,(H,17,22)(H,18,19)(H,20,21). The van der Waals surface area contributed by atoms with Crippen LogP contribution in [0.4, 0.5) is 5.69 Å². The summed E-state index contributed by atoms with van der Waals surface area (Å²) in [7, 11) is 0. The molecule has 1 amide bonds. The third kappa shape index (κ3) is 3.51. The lowest BCUT2D eigenvalue weighted by molar-refractivity contribution is -0.136. The van der Waals surface area contributed by atoms with Crippen LogP contribution in [0, 0.1) is 0 Å². The van der Waals surface area contributed by atoms with Crippen LogP contribution in [0.25, 0.3) is 10.8 Å². The molecule has 0 aliphatic rings. The number of aliphatic carboxylic acids is 2. The minimum atomic E-state index is -1.13. The molecule has 4 N–H and O–H groups in total. The zero-order valence-corrected chi connectivity index (χ0v) is 11.5. The number of rotatable bonds is 6. The molecule has 2 aromatic carbocycles. The van der Waals surface area contributed by atoms with Crippen LogP contribution in [0.1, 0.15) is 10.4 Å². The molecular weight excluding hydrogens is 288 g/mol. The third-order valence-corrected chi connectivity index (χ3v) is 3.00. The first-order valence-electron chi connectivity index (χ1n) is 6.46. The maximum atomic E-state index is 12.1. The molecule has 22 heavy (non-hydrogen) atoms. The molecule has 7 nitrogen and oxygen atoms in total. The van der Waals surface area contributed by atoms with Crippen LogP contribution in [0.2, 0.25) is 0 Å². The van der Waals surface area contributed by atoms with Crippen LogP contribution in [0.3, 0.4) is 0 Å². The topological polar surface area (TPSA) is 116 Å². The molecule has 114 valence electrons. The van der Waals surface area contributed by atoms with Gasteiger partial charge < -0.3 is 20.8 Å². The number of carbonyl (C=O) groups is 3. The Labute approximate surface area is 125 Å². The van der Waals surface area contributed by atoms with Gasteiger partial charge in [0.2, 0.25) is 0 Å². The molecule has 2 aromatic rings. The second kappa shape index (κ2) is 6.57. The molecule has 7 heteroatoms. The summed E-state index contributed by atoms with van der Waals surface area (Å²) in [5.74, 6) is -2.62. The lowest BCUT2D eigenvalue weighted by atomic mass is 10.0. The zero-order valence-electron chi connectivity index (χ0n) is 11.5. The highest BCUT2D eigenvalue weighted by Crippen LogP contribution is 2.26. The van der Waals surface area contributed by atoms with Gasteiger partial charge in [-0.05, 0) is 17.5 Å². The Bertz CT molecular complexity index is 742. The van der Waals surface area contributed by atoms with Gasteiger partial charge in [-0.3, -0.25) is 14.4 Å². The summed E-state index contributed by atoms with van der Waals surface area (Å²) in [5.41, 5.74) is 0.922. The van der Waals surface area contributed by atoms with Gasteiger partial charge in [0, 0.05) is 16.6 Å². The molecular formula is C15H14N2O5. The molecule has 0 radical (unpaired) electrons. The Balaban J connectivity index is 2.37. The van der Waals surface area contributed by atoms with Crippen LogP contribution in [-0.4, -0.2) is 41.1 Å². The number of nitrogens with one attached hydrogen (secondary N) is 2. The van der Waals surface area contributed by atoms with E-state index in [2.05, 4.69) is 10.6 Å². The third-order valence-electron chi connectivity index (χ3n) is 3.00. The maximum Gasteiger partial charge on any atom is 0.322 e. The first-order chi connectivity index (χ1) is 10.5. The minimum Gasteiger partial charge on any atom is -0.480 e. The number of hydrogen-bond acceptors (Lipinski definition) is 4. The van der Waals surface area contributed by atoms with E-state index >= 15 is 0 Å². The van der Waals surface area contributed by atoms with Gasteiger partial charge in [0.1, 0.15) is 13.1 Å². The predicted octanol–water partition coefficient (Wildman–Crippen LogP) is 1.15. The molecule has 0 aliphatic carbocycles. The van der Waals surface area contributed by atoms with Gasteiger partial charge in [-0.1, -0.05) is 24.3 Å². The smallest absolute Gasteiger partial charge is 0.322 e. The van der Waals surface area contributed by atoms with Crippen molar-refractivity contribution in [3.8, 4) is 0 Å². The Hall–Kier alpha value is -3.09. The highest BCUT2D eigenvalue weighted by Gasteiger charge is 2.13. The number of fused-ring (bicyclic) bond motifs is 1. The summed E-state index contributed by atoms with van der Waals surface area (Å²) in [6, 6.07) is 10.1. The van der Waals surface area contributed by atoms with E-state index in [0.29, 0.717) is 22.0 Å². The van der Waals surface area contributed by atoms with E-state index < -0.39 is 24.4 Å². The second-order valence-corrected chi connectivity index (χ2v) is 4.53. The number of amides is 1. The average Bonchev–Trinajstić information content (AvgIpc) is 2.50. The van der Waals surface area contributed by atoms with E-state index in [-0.39, 0.29) is 6.54 Å². The molecule has 0 heterocycles. The SMILES string of the molecule is O=C(O)CNC(=O)c1ccc(NCC(=O)O)c2ccccc12. The van der Waals surface area contributed by atoms with Gasteiger partial charge >= 0.3 is 11.9 Å². The van der Waals surface area contributed by atoms with Crippen molar-refractivity contribution in [3.63, 3.8) is 0 Å². The predicted molar refractivity (Wildman–Crippen MR) is 80.0 cm³/mol. The van der Waals surface area contributed by atoms with Crippen LogP contribution in [-0.2, 0) is 9.59 Å². The van der Waals surface area contributed by atoms with Gasteiger partial charge in [-0.25, -0.2) is 0 Å². The molecule has 2 rings (SSSR count). The van der Waals surface area contributed by atoms with E-state index in [1.807, 2.05) is 0 Å². The molecule has 0 bridgehead atoms. The Morgan fingerprint density at radius 2 is 1.50 bits per heavy atom. The number of carboxylic acids is 2. The van der Waals surface area contributed by atoms with Gasteiger partial charge in [-0.15, -0.1) is 0 Å². The average molecular weight is 302 g/mol. The summed E-state index contributed by atoms with van der Waals surface area (Å²) < 4.78 is 0. The van der Waals surface area contributed by atoms with E-state index in [1.54, 1.807) is 30.3 Å². The van der Waals surface area contributed by atoms with Crippen LogP contribution in [0.5, 0.6) is 0 Å². The minimum absolute atomic E-state index is 0.242. The van der Waals surface area contributed by atoms with Crippen LogP contribution in [0.15, 0.2) is 36.4 Å². The summed E-state index contributed by atoms with van der Waals surface area (Å²) in [5, 5.41) is 23.7. The van der Waals surface area contributed by atoms with E-state index in [9.17, 15) is 14.4 Å². The molecule has 0 aromatic heterocycles. The molecule has 0 atom stereocenters.